The standard InChI is InChI=1S/C17H23N3O3.ClH/c1-20-14-10-13(3-4-15(14)23-11-17(20)22)19-16(21)5-2-12-6-8-18-9-7-12;/h3-4,10,12,18H,2,5-9,11H2,1H3,(H,19,21);1H. The Morgan fingerprint density at radius 3 is 2.88 bits per heavy atom. The largest absolute Gasteiger partial charge is 0.482 e. The first kappa shape index (κ1) is 18.5. The van der Waals surface area contributed by atoms with E-state index in [0.29, 0.717) is 29.5 Å². The van der Waals surface area contributed by atoms with Crippen LogP contribution in [0.2, 0.25) is 0 Å². The number of likely N-dealkylation sites (N-methyl/N-ethyl adjacent to an activating group) is 1. The molecule has 2 N–H and O–H groups in total. The lowest BCUT2D eigenvalue weighted by molar-refractivity contribution is -0.121. The molecule has 0 bridgehead atoms. The summed E-state index contributed by atoms with van der Waals surface area (Å²) in [7, 11) is 1.71. The maximum Gasteiger partial charge on any atom is 0.264 e. The number of anilines is 2. The molecule has 24 heavy (non-hydrogen) atoms. The smallest absolute Gasteiger partial charge is 0.264 e. The van der Waals surface area contributed by atoms with E-state index in [4.69, 9.17) is 4.74 Å². The van der Waals surface area contributed by atoms with Crippen LogP contribution in [0.1, 0.15) is 25.7 Å². The van der Waals surface area contributed by atoms with Crippen LogP contribution in [0.3, 0.4) is 0 Å². The summed E-state index contributed by atoms with van der Waals surface area (Å²) in [6.45, 7) is 2.17. The molecule has 2 aliphatic rings. The molecule has 2 amide bonds. The maximum atomic E-state index is 12.1. The highest BCUT2D eigenvalue weighted by molar-refractivity contribution is 5.99. The molecule has 3 rings (SSSR count). The minimum Gasteiger partial charge on any atom is -0.482 e. The summed E-state index contributed by atoms with van der Waals surface area (Å²) in [4.78, 5) is 25.4. The number of amides is 2. The second-order valence-electron chi connectivity index (χ2n) is 6.20. The molecule has 0 atom stereocenters. The van der Waals surface area contributed by atoms with E-state index in [9.17, 15) is 9.59 Å². The normalized spacial score (nSPS) is 17.5. The lowest BCUT2D eigenvalue weighted by Crippen LogP contribution is -2.35. The quantitative estimate of drug-likeness (QED) is 0.870. The van der Waals surface area contributed by atoms with Crippen molar-refractivity contribution in [1.29, 1.82) is 0 Å². The Morgan fingerprint density at radius 1 is 1.38 bits per heavy atom. The van der Waals surface area contributed by atoms with E-state index in [0.717, 1.165) is 32.4 Å². The fraction of sp³-hybridized carbons (Fsp3) is 0.529. The Kier molecular flexibility index (Phi) is 6.45. The molecule has 0 aliphatic carbocycles. The molecule has 132 valence electrons. The van der Waals surface area contributed by atoms with Crippen molar-refractivity contribution in [2.45, 2.75) is 25.7 Å². The van der Waals surface area contributed by atoms with Gasteiger partial charge in [0.15, 0.2) is 6.61 Å². The summed E-state index contributed by atoms with van der Waals surface area (Å²) in [5.41, 5.74) is 1.39. The summed E-state index contributed by atoms with van der Waals surface area (Å²) < 4.78 is 5.38. The van der Waals surface area contributed by atoms with Crippen molar-refractivity contribution < 1.29 is 14.3 Å². The number of carbonyl (C=O) groups is 2. The van der Waals surface area contributed by atoms with Crippen molar-refractivity contribution in [1.82, 2.24) is 5.32 Å². The van der Waals surface area contributed by atoms with Crippen molar-refractivity contribution in [2.75, 3.05) is 37.0 Å². The molecular formula is C17H24ClN3O3. The van der Waals surface area contributed by atoms with Crippen LogP contribution >= 0.6 is 12.4 Å². The van der Waals surface area contributed by atoms with Gasteiger partial charge in [-0.1, -0.05) is 0 Å². The third kappa shape index (κ3) is 4.39. The molecule has 0 aromatic heterocycles. The number of rotatable bonds is 4. The zero-order valence-electron chi connectivity index (χ0n) is 13.8. The minimum atomic E-state index is -0.0908. The number of ether oxygens (including phenoxy) is 1. The first-order chi connectivity index (χ1) is 11.1. The summed E-state index contributed by atoms with van der Waals surface area (Å²) in [5, 5.41) is 6.25. The Hall–Kier alpha value is -1.79. The summed E-state index contributed by atoms with van der Waals surface area (Å²) in [6, 6.07) is 5.39. The fourth-order valence-electron chi connectivity index (χ4n) is 3.08. The number of benzene rings is 1. The second-order valence-corrected chi connectivity index (χ2v) is 6.20. The van der Waals surface area contributed by atoms with Crippen molar-refractivity contribution in [3.8, 4) is 5.75 Å². The van der Waals surface area contributed by atoms with Gasteiger partial charge in [-0.25, -0.2) is 0 Å². The van der Waals surface area contributed by atoms with Crippen LogP contribution in [0, 0.1) is 5.92 Å². The van der Waals surface area contributed by atoms with Crippen LogP contribution in [0.5, 0.6) is 5.75 Å². The average Bonchev–Trinajstić information content (AvgIpc) is 2.58. The Morgan fingerprint density at radius 2 is 2.12 bits per heavy atom. The molecule has 1 aromatic carbocycles. The maximum absolute atomic E-state index is 12.1. The van der Waals surface area contributed by atoms with Gasteiger partial charge in [-0.05, 0) is 56.5 Å². The molecule has 6 nitrogen and oxygen atoms in total. The van der Waals surface area contributed by atoms with Gasteiger partial charge < -0.3 is 20.3 Å². The summed E-state index contributed by atoms with van der Waals surface area (Å²) >= 11 is 0. The van der Waals surface area contributed by atoms with Crippen LogP contribution < -0.4 is 20.3 Å². The van der Waals surface area contributed by atoms with Crippen LogP contribution in [-0.2, 0) is 9.59 Å². The van der Waals surface area contributed by atoms with Gasteiger partial charge in [-0.15, -0.1) is 12.4 Å². The Balaban J connectivity index is 0.00000208. The van der Waals surface area contributed by atoms with Crippen molar-refractivity contribution in [3.63, 3.8) is 0 Å². The number of hydrogen-bond acceptors (Lipinski definition) is 4. The Bertz CT molecular complexity index is 603. The van der Waals surface area contributed by atoms with Crippen LogP contribution in [0.15, 0.2) is 18.2 Å². The lowest BCUT2D eigenvalue weighted by Gasteiger charge is -2.26. The van der Waals surface area contributed by atoms with E-state index in [-0.39, 0.29) is 30.8 Å². The zero-order chi connectivity index (χ0) is 16.2. The van der Waals surface area contributed by atoms with Crippen molar-refractivity contribution >= 4 is 35.6 Å². The Labute approximate surface area is 148 Å². The number of fused-ring (bicyclic) bond motifs is 1. The molecule has 1 saturated heterocycles. The van der Waals surface area contributed by atoms with E-state index >= 15 is 0 Å². The number of nitrogens with one attached hydrogen (secondary N) is 2. The van der Waals surface area contributed by atoms with Gasteiger partial charge in [0.2, 0.25) is 5.91 Å². The molecule has 0 radical (unpaired) electrons. The zero-order valence-corrected chi connectivity index (χ0v) is 14.7. The first-order valence-electron chi connectivity index (χ1n) is 8.17. The van der Waals surface area contributed by atoms with E-state index in [1.165, 1.54) is 0 Å². The molecule has 2 aliphatic heterocycles. The van der Waals surface area contributed by atoms with Crippen LogP contribution in [0.4, 0.5) is 11.4 Å². The van der Waals surface area contributed by atoms with Crippen LogP contribution in [0.25, 0.3) is 0 Å². The van der Waals surface area contributed by atoms with E-state index in [1.807, 2.05) is 6.07 Å². The molecule has 0 spiro atoms. The van der Waals surface area contributed by atoms with E-state index < -0.39 is 0 Å². The highest BCUT2D eigenvalue weighted by Gasteiger charge is 2.22. The van der Waals surface area contributed by atoms with Gasteiger partial charge in [0.05, 0.1) is 5.69 Å². The highest BCUT2D eigenvalue weighted by atomic mass is 35.5. The van der Waals surface area contributed by atoms with Crippen molar-refractivity contribution in [3.05, 3.63) is 18.2 Å². The molecule has 1 aromatic rings. The van der Waals surface area contributed by atoms with E-state index in [1.54, 1.807) is 24.1 Å². The van der Waals surface area contributed by atoms with Gasteiger partial charge in [-0.3, -0.25) is 9.59 Å². The third-order valence-electron chi connectivity index (χ3n) is 4.57. The van der Waals surface area contributed by atoms with Gasteiger partial charge in [0.1, 0.15) is 5.75 Å². The van der Waals surface area contributed by atoms with E-state index in [2.05, 4.69) is 10.6 Å². The summed E-state index contributed by atoms with van der Waals surface area (Å²) in [5.74, 6) is 1.24. The average molecular weight is 354 g/mol. The molecule has 1 fully saturated rings. The predicted molar refractivity (Wildman–Crippen MR) is 96.1 cm³/mol. The lowest BCUT2D eigenvalue weighted by atomic mass is 9.93. The molecular weight excluding hydrogens is 330 g/mol. The second kappa shape index (κ2) is 8.35. The fourth-order valence-corrected chi connectivity index (χ4v) is 3.08. The third-order valence-corrected chi connectivity index (χ3v) is 4.57. The van der Waals surface area contributed by atoms with Gasteiger partial charge >= 0.3 is 0 Å². The number of piperidine rings is 1. The first-order valence-corrected chi connectivity index (χ1v) is 8.17. The van der Waals surface area contributed by atoms with Crippen molar-refractivity contribution in [2.24, 2.45) is 5.92 Å². The van der Waals surface area contributed by atoms with Gasteiger partial charge in [0.25, 0.3) is 5.91 Å². The number of carbonyl (C=O) groups excluding carboxylic acids is 2. The minimum absolute atomic E-state index is 0. The number of nitrogens with zero attached hydrogens (tertiary/aromatic N) is 1. The molecule has 0 unspecified atom stereocenters. The topological polar surface area (TPSA) is 70.7 Å². The van der Waals surface area contributed by atoms with Gasteiger partial charge in [-0.2, -0.15) is 0 Å². The molecule has 0 saturated carbocycles. The molecule has 7 heteroatoms. The van der Waals surface area contributed by atoms with Gasteiger partial charge in [0, 0.05) is 19.2 Å². The monoisotopic (exact) mass is 353 g/mol. The highest BCUT2D eigenvalue weighted by Crippen LogP contribution is 2.33. The molecule has 2 heterocycles. The SMILES string of the molecule is CN1C(=O)COc2ccc(NC(=O)CCC3CCNCC3)cc21.Cl. The van der Waals surface area contributed by atoms with Crippen LogP contribution in [-0.4, -0.2) is 38.6 Å². The summed E-state index contributed by atoms with van der Waals surface area (Å²) in [6.07, 6.45) is 3.76. The predicted octanol–water partition coefficient (Wildman–Crippen LogP) is 2.18. The number of hydrogen-bond donors (Lipinski definition) is 2. The number of halogens is 1.